The summed E-state index contributed by atoms with van der Waals surface area (Å²) in [6.45, 7) is 2.49. The first kappa shape index (κ1) is 17.8. The van der Waals surface area contributed by atoms with Crippen molar-refractivity contribution >= 4 is 0 Å². The first-order valence-corrected chi connectivity index (χ1v) is 8.29. The molecule has 3 rings (SSSR count). The minimum Gasteiger partial charge on any atom is -0.497 e. The van der Waals surface area contributed by atoms with Crippen molar-refractivity contribution in [2.75, 3.05) is 20.8 Å². The van der Waals surface area contributed by atoms with Gasteiger partial charge < -0.3 is 19.9 Å². The third-order valence-electron chi connectivity index (χ3n) is 3.97. The Labute approximate surface area is 152 Å². The fourth-order valence-electron chi connectivity index (χ4n) is 2.61. The molecule has 7 nitrogen and oxygen atoms in total. The van der Waals surface area contributed by atoms with Crippen LogP contribution in [0, 0.1) is 0 Å². The van der Waals surface area contributed by atoms with Gasteiger partial charge in [0, 0.05) is 5.56 Å². The highest BCUT2D eigenvalue weighted by atomic mass is 16.5. The summed E-state index contributed by atoms with van der Waals surface area (Å²) in [5.41, 5.74) is 8.05. The average Bonchev–Trinajstić information content (AvgIpc) is 3.18. The molecule has 0 radical (unpaired) electrons. The zero-order valence-electron chi connectivity index (χ0n) is 15.0. The van der Waals surface area contributed by atoms with Crippen molar-refractivity contribution in [1.29, 1.82) is 0 Å². The monoisotopic (exact) mass is 354 g/mol. The summed E-state index contributed by atoms with van der Waals surface area (Å²) in [6, 6.07) is 12.7. The number of benzene rings is 2. The first-order chi connectivity index (χ1) is 12.7. The summed E-state index contributed by atoms with van der Waals surface area (Å²) in [4.78, 5) is 4.53. The zero-order valence-corrected chi connectivity index (χ0v) is 15.0. The molecule has 1 atom stereocenters. The number of aromatic amines is 1. The van der Waals surface area contributed by atoms with Gasteiger partial charge in [0.15, 0.2) is 17.3 Å². The Hall–Kier alpha value is -3.06. The maximum Gasteiger partial charge on any atom is 0.181 e. The predicted molar refractivity (Wildman–Crippen MR) is 98.6 cm³/mol. The van der Waals surface area contributed by atoms with Gasteiger partial charge >= 0.3 is 0 Å². The Morgan fingerprint density at radius 1 is 1.08 bits per heavy atom. The van der Waals surface area contributed by atoms with E-state index in [2.05, 4.69) is 15.2 Å². The van der Waals surface area contributed by atoms with E-state index in [-0.39, 0.29) is 0 Å². The molecule has 0 amide bonds. The van der Waals surface area contributed by atoms with Gasteiger partial charge in [0.25, 0.3) is 0 Å². The van der Waals surface area contributed by atoms with E-state index in [4.69, 9.17) is 19.9 Å². The number of nitrogens with zero attached hydrogens (tertiary/aromatic N) is 2. The molecule has 1 aromatic heterocycles. The van der Waals surface area contributed by atoms with Crippen molar-refractivity contribution in [2.45, 2.75) is 13.0 Å². The Kier molecular flexibility index (Phi) is 5.38. The second kappa shape index (κ2) is 7.88. The van der Waals surface area contributed by atoms with Crippen LogP contribution in [0.5, 0.6) is 17.2 Å². The van der Waals surface area contributed by atoms with Gasteiger partial charge in [-0.15, -0.1) is 0 Å². The van der Waals surface area contributed by atoms with E-state index in [0.717, 1.165) is 16.9 Å². The lowest BCUT2D eigenvalue weighted by atomic mass is 10.1. The fraction of sp³-hybridized carbons (Fsp3) is 0.263. The van der Waals surface area contributed by atoms with Crippen LogP contribution in [-0.4, -0.2) is 36.0 Å². The van der Waals surface area contributed by atoms with Crippen LogP contribution in [0.4, 0.5) is 0 Å². The third kappa shape index (κ3) is 3.62. The van der Waals surface area contributed by atoms with Gasteiger partial charge in [-0.1, -0.05) is 18.2 Å². The van der Waals surface area contributed by atoms with E-state index in [1.165, 1.54) is 0 Å². The van der Waals surface area contributed by atoms with E-state index in [0.29, 0.717) is 29.8 Å². The zero-order chi connectivity index (χ0) is 18.5. The summed E-state index contributed by atoms with van der Waals surface area (Å²) >= 11 is 0. The topological polar surface area (TPSA) is 95.3 Å². The van der Waals surface area contributed by atoms with Crippen molar-refractivity contribution in [3.8, 4) is 28.6 Å². The smallest absolute Gasteiger partial charge is 0.181 e. The highest BCUT2D eigenvalue weighted by molar-refractivity contribution is 5.57. The van der Waals surface area contributed by atoms with Crippen molar-refractivity contribution in [1.82, 2.24) is 15.2 Å². The maximum atomic E-state index is 6.36. The van der Waals surface area contributed by atoms with Crippen molar-refractivity contribution in [2.24, 2.45) is 5.73 Å². The lowest BCUT2D eigenvalue weighted by molar-refractivity contribution is 0.310. The van der Waals surface area contributed by atoms with Crippen LogP contribution in [-0.2, 0) is 0 Å². The first-order valence-electron chi connectivity index (χ1n) is 8.29. The molecule has 0 saturated carbocycles. The van der Waals surface area contributed by atoms with Gasteiger partial charge in [-0.25, -0.2) is 4.98 Å². The molecule has 0 saturated heterocycles. The van der Waals surface area contributed by atoms with Gasteiger partial charge in [-0.05, 0) is 36.8 Å². The lowest BCUT2D eigenvalue weighted by Crippen LogP contribution is -2.14. The summed E-state index contributed by atoms with van der Waals surface area (Å²) in [5.74, 6) is 3.18. The molecule has 136 valence electrons. The molecule has 0 bridgehead atoms. The standard InChI is InChI=1S/C19H22N4O3/c1-4-26-15-9-8-12(11-16(15)25-3)17(20)19-21-18(22-23-19)13-6-5-7-14(10-13)24-2/h5-11,17H,4,20H2,1-3H3,(H,21,22,23). The van der Waals surface area contributed by atoms with Crippen LogP contribution < -0.4 is 19.9 Å². The fourth-order valence-corrected chi connectivity index (χ4v) is 2.61. The largest absolute Gasteiger partial charge is 0.497 e. The van der Waals surface area contributed by atoms with E-state index >= 15 is 0 Å². The number of hydrogen-bond donors (Lipinski definition) is 2. The third-order valence-corrected chi connectivity index (χ3v) is 3.97. The number of nitrogens with two attached hydrogens (primary N) is 1. The van der Waals surface area contributed by atoms with Crippen LogP contribution in [0.1, 0.15) is 24.4 Å². The number of ether oxygens (including phenoxy) is 3. The van der Waals surface area contributed by atoms with E-state index in [1.54, 1.807) is 14.2 Å². The lowest BCUT2D eigenvalue weighted by Gasteiger charge is -2.13. The number of methoxy groups -OCH3 is 2. The number of H-pyrrole nitrogens is 1. The quantitative estimate of drug-likeness (QED) is 0.677. The molecule has 3 N–H and O–H groups in total. The minimum atomic E-state index is -0.466. The van der Waals surface area contributed by atoms with E-state index in [9.17, 15) is 0 Å². The Morgan fingerprint density at radius 3 is 2.65 bits per heavy atom. The van der Waals surface area contributed by atoms with Crippen LogP contribution in [0.25, 0.3) is 11.4 Å². The highest BCUT2D eigenvalue weighted by Crippen LogP contribution is 2.31. The predicted octanol–water partition coefficient (Wildman–Crippen LogP) is 2.94. The van der Waals surface area contributed by atoms with Gasteiger partial charge in [-0.3, -0.25) is 5.10 Å². The molecule has 0 spiro atoms. The van der Waals surface area contributed by atoms with Crippen LogP contribution in [0.15, 0.2) is 42.5 Å². The van der Waals surface area contributed by atoms with Gasteiger partial charge in [0.2, 0.25) is 0 Å². The molecule has 1 heterocycles. The van der Waals surface area contributed by atoms with Gasteiger partial charge in [-0.2, -0.15) is 5.10 Å². The summed E-state index contributed by atoms with van der Waals surface area (Å²) in [7, 11) is 3.22. The maximum absolute atomic E-state index is 6.36. The molecule has 0 aliphatic heterocycles. The SMILES string of the molecule is CCOc1ccc(C(N)c2nc(-c3cccc(OC)c3)n[nH]2)cc1OC. The summed E-state index contributed by atoms with van der Waals surface area (Å²) < 4.78 is 16.2. The van der Waals surface area contributed by atoms with Crippen molar-refractivity contribution < 1.29 is 14.2 Å². The van der Waals surface area contributed by atoms with Gasteiger partial charge in [0.05, 0.1) is 26.9 Å². The highest BCUT2D eigenvalue weighted by Gasteiger charge is 2.17. The molecular weight excluding hydrogens is 332 g/mol. The molecule has 0 aliphatic rings. The van der Waals surface area contributed by atoms with E-state index in [1.807, 2.05) is 49.4 Å². The van der Waals surface area contributed by atoms with Crippen molar-refractivity contribution in [3.05, 3.63) is 53.9 Å². The van der Waals surface area contributed by atoms with Crippen LogP contribution in [0.3, 0.4) is 0 Å². The summed E-state index contributed by atoms with van der Waals surface area (Å²) in [6.07, 6.45) is 0. The normalized spacial score (nSPS) is 11.8. The summed E-state index contributed by atoms with van der Waals surface area (Å²) in [5, 5.41) is 7.19. The number of rotatable bonds is 7. The minimum absolute atomic E-state index is 0.466. The molecule has 7 heteroatoms. The molecule has 3 aromatic rings. The van der Waals surface area contributed by atoms with Crippen molar-refractivity contribution in [3.63, 3.8) is 0 Å². The molecule has 0 fully saturated rings. The second-order valence-corrected chi connectivity index (χ2v) is 5.60. The molecule has 0 aliphatic carbocycles. The number of nitrogens with one attached hydrogen (secondary N) is 1. The molecular formula is C19H22N4O3. The van der Waals surface area contributed by atoms with Crippen LogP contribution >= 0.6 is 0 Å². The molecule has 26 heavy (non-hydrogen) atoms. The van der Waals surface area contributed by atoms with Crippen LogP contribution in [0.2, 0.25) is 0 Å². The number of hydrogen-bond acceptors (Lipinski definition) is 6. The molecule has 1 unspecified atom stereocenters. The number of aromatic nitrogens is 3. The van der Waals surface area contributed by atoms with Gasteiger partial charge in [0.1, 0.15) is 11.6 Å². The molecule has 2 aromatic carbocycles. The Morgan fingerprint density at radius 2 is 1.92 bits per heavy atom. The average molecular weight is 354 g/mol. The Balaban J connectivity index is 1.86. The van der Waals surface area contributed by atoms with E-state index < -0.39 is 6.04 Å². The second-order valence-electron chi connectivity index (χ2n) is 5.60. The Bertz CT molecular complexity index is 879.